The van der Waals surface area contributed by atoms with Crippen molar-refractivity contribution in [3.05, 3.63) is 188 Å². The number of hydrogen-bond acceptors (Lipinski definition) is 1. The first-order valence-electron chi connectivity index (χ1n) is 16.2. The second-order valence-corrected chi connectivity index (χ2v) is 12.2. The maximum absolute atomic E-state index is 2.39. The zero-order valence-electron chi connectivity index (χ0n) is 25.8. The van der Waals surface area contributed by atoms with E-state index in [1.807, 2.05) is 0 Å². The number of benzene rings is 9. The molecule has 0 unspecified atom stereocenters. The maximum atomic E-state index is 2.39. The fraction of sp³-hybridized carbons (Fsp3) is 0. The molecule has 0 saturated heterocycles. The van der Waals surface area contributed by atoms with Crippen LogP contribution in [0.1, 0.15) is 0 Å². The lowest BCUT2D eigenvalue weighted by molar-refractivity contribution is 1.29. The van der Waals surface area contributed by atoms with Crippen LogP contribution >= 0.6 is 0 Å². The van der Waals surface area contributed by atoms with Crippen LogP contribution in [0, 0.1) is 0 Å². The van der Waals surface area contributed by atoms with Crippen molar-refractivity contribution in [1.82, 2.24) is 0 Å². The molecule has 9 aromatic rings. The van der Waals surface area contributed by atoms with E-state index in [-0.39, 0.29) is 0 Å². The van der Waals surface area contributed by atoms with E-state index in [2.05, 4.69) is 193 Å². The molecule has 0 radical (unpaired) electrons. The third-order valence-corrected chi connectivity index (χ3v) is 9.41. The fourth-order valence-corrected chi connectivity index (χ4v) is 7.11. The minimum atomic E-state index is 1.12. The third kappa shape index (κ3) is 4.81. The van der Waals surface area contributed by atoms with Crippen molar-refractivity contribution in [2.75, 3.05) is 4.90 Å². The summed E-state index contributed by atoms with van der Waals surface area (Å²) < 4.78 is 0. The van der Waals surface area contributed by atoms with Gasteiger partial charge in [-0.15, -0.1) is 0 Å². The van der Waals surface area contributed by atoms with Gasteiger partial charge in [-0.1, -0.05) is 146 Å². The largest absolute Gasteiger partial charge is 0.310 e. The molecule has 47 heavy (non-hydrogen) atoms. The van der Waals surface area contributed by atoms with E-state index in [4.69, 9.17) is 0 Å². The van der Waals surface area contributed by atoms with Gasteiger partial charge >= 0.3 is 0 Å². The van der Waals surface area contributed by atoms with Crippen LogP contribution in [0.25, 0.3) is 65.3 Å². The summed E-state index contributed by atoms with van der Waals surface area (Å²) in [4.78, 5) is 2.39. The van der Waals surface area contributed by atoms with Crippen LogP contribution in [-0.2, 0) is 0 Å². The van der Waals surface area contributed by atoms with Crippen molar-refractivity contribution < 1.29 is 0 Å². The molecule has 9 aromatic carbocycles. The SMILES string of the molecule is c1ccc(-c2ccc(N(c3cccc(-c4ccc5ccccc5c4)c3)c3ccc4c5ccccc5c5ccccc5c4c3)cc2)cc1. The highest BCUT2D eigenvalue weighted by atomic mass is 15.1. The molecule has 0 aliphatic heterocycles. The zero-order valence-corrected chi connectivity index (χ0v) is 25.8. The van der Waals surface area contributed by atoms with Crippen molar-refractivity contribution in [2.24, 2.45) is 0 Å². The molecular formula is C46H31N. The van der Waals surface area contributed by atoms with Crippen LogP contribution in [0.4, 0.5) is 17.1 Å². The Balaban J connectivity index is 1.24. The molecule has 0 heterocycles. The number of hydrogen-bond donors (Lipinski definition) is 0. The number of anilines is 3. The molecule has 0 amide bonds. The standard InChI is InChI=1S/C46H31N/c1-2-11-32(12-3-1)34-23-25-38(26-24-34)47(39-16-10-15-36(30-39)37-22-21-33-13-4-5-14-35(33)29-37)40-27-28-45-43-19-7-6-17-41(43)42-18-8-9-20-44(42)46(45)31-40/h1-31H. The molecule has 1 heteroatoms. The van der Waals surface area contributed by atoms with Gasteiger partial charge in [-0.2, -0.15) is 0 Å². The minimum Gasteiger partial charge on any atom is -0.310 e. The van der Waals surface area contributed by atoms with Gasteiger partial charge in [0.2, 0.25) is 0 Å². The molecule has 0 saturated carbocycles. The van der Waals surface area contributed by atoms with E-state index < -0.39 is 0 Å². The zero-order chi connectivity index (χ0) is 31.2. The van der Waals surface area contributed by atoms with Crippen LogP contribution in [0.15, 0.2) is 188 Å². The Kier molecular flexibility index (Phi) is 6.54. The molecule has 0 atom stereocenters. The molecule has 0 fully saturated rings. The molecule has 9 rings (SSSR count). The van der Waals surface area contributed by atoms with Crippen molar-refractivity contribution in [1.29, 1.82) is 0 Å². The number of rotatable bonds is 5. The van der Waals surface area contributed by atoms with Crippen molar-refractivity contribution in [2.45, 2.75) is 0 Å². The second-order valence-electron chi connectivity index (χ2n) is 12.2. The first-order chi connectivity index (χ1) is 23.3. The van der Waals surface area contributed by atoms with Crippen LogP contribution in [0.5, 0.6) is 0 Å². The summed E-state index contributed by atoms with van der Waals surface area (Å²) in [5.74, 6) is 0. The van der Waals surface area contributed by atoms with Gasteiger partial charge in [0.15, 0.2) is 0 Å². The lowest BCUT2D eigenvalue weighted by Crippen LogP contribution is -2.10. The van der Waals surface area contributed by atoms with E-state index in [1.165, 1.54) is 65.3 Å². The van der Waals surface area contributed by atoms with Crippen LogP contribution in [-0.4, -0.2) is 0 Å². The van der Waals surface area contributed by atoms with E-state index in [9.17, 15) is 0 Å². The summed E-state index contributed by atoms with van der Waals surface area (Å²) in [5.41, 5.74) is 8.18. The highest BCUT2D eigenvalue weighted by molar-refractivity contribution is 6.25. The lowest BCUT2D eigenvalue weighted by atomic mass is 9.94. The molecule has 0 aromatic heterocycles. The van der Waals surface area contributed by atoms with Crippen LogP contribution in [0.2, 0.25) is 0 Å². The van der Waals surface area contributed by atoms with Crippen molar-refractivity contribution in [3.8, 4) is 22.3 Å². The minimum absolute atomic E-state index is 1.12. The highest BCUT2D eigenvalue weighted by Gasteiger charge is 2.16. The topological polar surface area (TPSA) is 3.24 Å². The predicted molar refractivity (Wildman–Crippen MR) is 202 cm³/mol. The second kappa shape index (κ2) is 11.3. The Bertz CT molecular complexity index is 2530. The van der Waals surface area contributed by atoms with Gasteiger partial charge in [-0.05, 0) is 108 Å². The molecule has 0 spiro atoms. The van der Waals surface area contributed by atoms with E-state index in [1.54, 1.807) is 0 Å². The van der Waals surface area contributed by atoms with E-state index in [0.29, 0.717) is 0 Å². The Hall–Kier alpha value is -6.18. The summed E-state index contributed by atoms with van der Waals surface area (Å²) in [6, 6.07) is 68.3. The summed E-state index contributed by atoms with van der Waals surface area (Å²) >= 11 is 0. The monoisotopic (exact) mass is 597 g/mol. The molecule has 0 bridgehead atoms. The smallest absolute Gasteiger partial charge is 0.0468 e. The third-order valence-electron chi connectivity index (χ3n) is 9.41. The first kappa shape index (κ1) is 27.2. The van der Waals surface area contributed by atoms with Crippen molar-refractivity contribution >= 4 is 60.2 Å². The average molecular weight is 598 g/mol. The van der Waals surface area contributed by atoms with Gasteiger partial charge in [-0.3, -0.25) is 0 Å². The molecular weight excluding hydrogens is 567 g/mol. The predicted octanol–water partition coefficient (Wildman–Crippen LogP) is 13.1. The normalized spacial score (nSPS) is 11.4. The van der Waals surface area contributed by atoms with E-state index >= 15 is 0 Å². The van der Waals surface area contributed by atoms with Crippen LogP contribution < -0.4 is 4.90 Å². The van der Waals surface area contributed by atoms with Gasteiger partial charge < -0.3 is 4.90 Å². The van der Waals surface area contributed by atoms with Gasteiger partial charge in [0.05, 0.1) is 0 Å². The van der Waals surface area contributed by atoms with Gasteiger partial charge in [0.25, 0.3) is 0 Å². The average Bonchev–Trinajstić information content (AvgIpc) is 3.15. The van der Waals surface area contributed by atoms with Gasteiger partial charge in [0, 0.05) is 17.1 Å². The fourth-order valence-electron chi connectivity index (χ4n) is 7.11. The first-order valence-corrected chi connectivity index (χ1v) is 16.2. The summed E-state index contributed by atoms with van der Waals surface area (Å²) in [6.45, 7) is 0. The number of nitrogens with zero attached hydrogens (tertiary/aromatic N) is 1. The molecule has 0 N–H and O–H groups in total. The summed E-state index contributed by atoms with van der Waals surface area (Å²) in [6.07, 6.45) is 0. The molecule has 0 aliphatic carbocycles. The Labute approximate surface area is 274 Å². The van der Waals surface area contributed by atoms with Crippen molar-refractivity contribution in [3.63, 3.8) is 0 Å². The maximum Gasteiger partial charge on any atom is 0.0468 e. The molecule has 220 valence electrons. The van der Waals surface area contributed by atoms with E-state index in [0.717, 1.165) is 17.1 Å². The summed E-state index contributed by atoms with van der Waals surface area (Å²) in [7, 11) is 0. The molecule has 0 aliphatic rings. The van der Waals surface area contributed by atoms with Crippen LogP contribution in [0.3, 0.4) is 0 Å². The highest BCUT2D eigenvalue weighted by Crippen LogP contribution is 2.42. The quantitative estimate of drug-likeness (QED) is 0.178. The Morgan fingerprint density at radius 1 is 0.234 bits per heavy atom. The van der Waals surface area contributed by atoms with Gasteiger partial charge in [0.1, 0.15) is 0 Å². The number of fused-ring (bicyclic) bond motifs is 7. The lowest BCUT2D eigenvalue weighted by Gasteiger charge is -2.27. The Morgan fingerprint density at radius 2 is 0.723 bits per heavy atom. The summed E-state index contributed by atoms with van der Waals surface area (Å²) in [5, 5.41) is 10.2. The Morgan fingerprint density at radius 3 is 1.45 bits per heavy atom. The van der Waals surface area contributed by atoms with Gasteiger partial charge in [-0.25, -0.2) is 0 Å². The molecule has 1 nitrogen and oxygen atoms in total.